The number of nitriles is 1. The van der Waals surface area contributed by atoms with Crippen LogP contribution in [0.3, 0.4) is 0 Å². The molecule has 1 aromatic rings. The van der Waals surface area contributed by atoms with Crippen LogP contribution in [0.2, 0.25) is 0 Å². The molecule has 2 rings (SSSR count). The Kier molecular flexibility index (Phi) is 4.52. The Balaban J connectivity index is 2.07. The summed E-state index contributed by atoms with van der Waals surface area (Å²) in [6.07, 6.45) is 2.30. The van der Waals surface area contributed by atoms with Crippen molar-refractivity contribution in [1.82, 2.24) is 4.90 Å². The Hall–Kier alpha value is -1.44. The van der Waals surface area contributed by atoms with Gasteiger partial charge in [-0.15, -0.1) is 0 Å². The van der Waals surface area contributed by atoms with Crippen molar-refractivity contribution in [3.05, 3.63) is 35.1 Å². The molecule has 2 unspecified atom stereocenters. The summed E-state index contributed by atoms with van der Waals surface area (Å²) in [7, 11) is 0. The topological polar surface area (TPSA) is 53.0 Å². The van der Waals surface area contributed by atoms with Crippen LogP contribution in [0, 0.1) is 23.1 Å². The second-order valence-electron chi connectivity index (χ2n) is 5.41. The molecule has 0 saturated carbocycles. The fourth-order valence-electron chi connectivity index (χ4n) is 2.70. The Morgan fingerprint density at radius 3 is 3.05 bits per heavy atom. The Morgan fingerprint density at radius 2 is 2.37 bits per heavy atom. The number of benzene rings is 1. The van der Waals surface area contributed by atoms with Crippen molar-refractivity contribution in [3.8, 4) is 6.07 Å². The summed E-state index contributed by atoms with van der Waals surface area (Å²) in [4.78, 5) is 2.31. The minimum Gasteiger partial charge on any atom is -0.328 e. The molecule has 19 heavy (non-hydrogen) atoms. The molecular formula is C15H20FN3. The highest BCUT2D eigenvalue weighted by molar-refractivity contribution is 5.37. The Bertz CT molecular complexity index is 479. The lowest BCUT2D eigenvalue weighted by Crippen LogP contribution is -2.42. The van der Waals surface area contributed by atoms with E-state index in [-0.39, 0.29) is 11.9 Å². The maximum Gasteiger partial charge on any atom is 0.124 e. The molecule has 3 nitrogen and oxygen atoms in total. The van der Waals surface area contributed by atoms with Crippen LogP contribution in [0.4, 0.5) is 4.39 Å². The van der Waals surface area contributed by atoms with Gasteiger partial charge in [0.1, 0.15) is 5.82 Å². The van der Waals surface area contributed by atoms with Crippen LogP contribution < -0.4 is 5.73 Å². The molecule has 1 aromatic carbocycles. The second-order valence-corrected chi connectivity index (χ2v) is 5.41. The van der Waals surface area contributed by atoms with Crippen LogP contribution in [0.25, 0.3) is 0 Å². The van der Waals surface area contributed by atoms with Crippen molar-refractivity contribution in [3.63, 3.8) is 0 Å². The summed E-state index contributed by atoms with van der Waals surface area (Å²) in [6, 6.07) is 6.71. The average molecular weight is 261 g/mol. The molecule has 1 aliphatic heterocycles. The number of likely N-dealkylation sites (tertiary alicyclic amines) is 1. The maximum absolute atomic E-state index is 13.1. The predicted octanol–water partition coefficient (Wildman–Crippen LogP) is 2.26. The predicted molar refractivity (Wildman–Crippen MR) is 72.8 cm³/mol. The highest BCUT2D eigenvalue weighted by Crippen LogP contribution is 2.21. The second kappa shape index (κ2) is 6.14. The van der Waals surface area contributed by atoms with E-state index < -0.39 is 0 Å². The van der Waals surface area contributed by atoms with Gasteiger partial charge in [-0.05, 0) is 49.9 Å². The fraction of sp³-hybridized carbons (Fsp3) is 0.533. The Morgan fingerprint density at radius 1 is 1.58 bits per heavy atom. The first-order chi connectivity index (χ1) is 9.10. The monoisotopic (exact) mass is 261 g/mol. The molecule has 0 bridgehead atoms. The lowest BCUT2D eigenvalue weighted by atomic mass is 9.92. The van der Waals surface area contributed by atoms with E-state index in [4.69, 9.17) is 11.0 Å². The third-order valence-corrected chi connectivity index (χ3v) is 3.87. The van der Waals surface area contributed by atoms with Gasteiger partial charge < -0.3 is 5.73 Å². The number of rotatable bonds is 3. The summed E-state index contributed by atoms with van der Waals surface area (Å²) in [5.41, 5.74) is 7.30. The molecule has 1 fully saturated rings. The highest BCUT2D eigenvalue weighted by Gasteiger charge is 2.23. The van der Waals surface area contributed by atoms with E-state index in [9.17, 15) is 4.39 Å². The van der Waals surface area contributed by atoms with Crippen LogP contribution in [-0.2, 0) is 6.54 Å². The first kappa shape index (κ1) is 14.0. The molecule has 2 N–H and O–H groups in total. The van der Waals surface area contributed by atoms with E-state index >= 15 is 0 Å². The molecule has 0 aliphatic carbocycles. The van der Waals surface area contributed by atoms with Crippen LogP contribution in [0.5, 0.6) is 0 Å². The smallest absolute Gasteiger partial charge is 0.124 e. The zero-order chi connectivity index (χ0) is 13.8. The minimum atomic E-state index is -0.354. The van der Waals surface area contributed by atoms with Gasteiger partial charge in [-0.25, -0.2) is 4.39 Å². The van der Waals surface area contributed by atoms with Gasteiger partial charge in [-0.1, -0.05) is 6.07 Å². The van der Waals surface area contributed by atoms with Gasteiger partial charge in [-0.3, -0.25) is 4.90 Å². The van der Waals surface area contributed by atoms with Gasteiger partial charge in [-0.2, -0.15) is 5.26 Å². The van der Waals surface area contributed by atoms with Crippen molar-refractivity contribution >= 4 is 0 Å². The van der Waals surface area contributed by atoms with E-state index in [1.807, 2.05) is 6.92 Å². The summed E-state index contributed by atoms with van der Waals surface area (Å²) in [5.74, 6) is 0.159. The van der Waals surface area contributed by atoms with Gasteiger partial charge >= 0.3 is 0 Å². The largest absolute Gasteiger partial charge is 0.328 e. The SMILES string of the molecule is CC(N)C1CCCN(Cc2ccc(F)cc2C#N)C1. The number of nitrogens with zero attached hydrogens (tertiary/aromatic N) is 2. The maximum atomic E-state index is 13.1. The van der Waals surface area contributed by atoms with Crippen molar-refractivity contribution in [2.45, 2.75) is 32.4 Å². The quantitative estimate of drug-likeness (QED) is 0.908. The molecule has 102 valence electrons. The number of hydrogen-bond acceptors (Lipinski definition) is 3. The van der Waals surface area contributed by atoms with Crippen molar-refractivity contribution in [1.29, 1.82) is 5.26 Å². The van der Waals surface area contributed by atoms with Crippen molar-refractivity contribution in [2.24, 2.45) is 11.7 Å². The van der Waals surface area contributed by atoms with E-state index in [0.717, 1.165) is 25.1 Å². The van der Waals surface area contributed by atoms with E-state index in [1.165, 1.54) is 18.6 Å². The van der Waals surface area contributed by atoms with Crippen molar-refractivity contribution in [2.75, 3.05) is 13.1 Å². The minimum absolute atomic E-state index is 0.200. The summed E-state index contributed by atoms with van der Waals surface area (Å²) in [5, 5.41) is 9.06. The van der Waals surface area contributed by atoms with E-state index in [1.54, 1.807) is 6.07 Å². The summed E-state index contributed by atoms with van der Waals surface area (Å²) < 4.78 is 13.1. The summed E-state index contributed by atoms with van der Waals surface area (Å²) >= 11 is 0. The fourth-order valence-corrected chi connectivity index (χ4v) is 2.70. The molecule has 1 saturated heterocycles. The van der Waals surface area contributed by atoms with Crippen LogP contribution in [-0.4, -0.2) is 24.0 Å². The third-order valence-electron chi connectivity index (χ3n) is 3.87. The molecule has 0 aromatic heterocycles. The van der Waals surface area contributed by atoms with Crippen LogP contribution in [0.15, 0.2) is 18.2 Å². The number of piperidine rings is 1. The number of hydrogen-bond donors (Lipinski definition) is 1. The number of halogens is 1. The Labute approximate surface area is 113 Å². The van der Waals surface area contributed by atoms with Crippen LogP contribution in [0.1, 0.15) is 30.9 Å². The van der Waals surface area contributed by atoms with Crippen molar-refractivity contribution < 1.29 is 4.39 Å². The third kappa shape index (κ3) is 3.52. The highest BCUT2D eigenvalue weighted by atomic mass is 19.1. The van der Waals surface area contributed by atoms with Gasteiger partial charge in [0.05, 0.1) is 11.6 Å². The first-order valence-corrected chi connectivity index (χ1v) is 6.76. The zero-order valence-electron chi connectivity index (χ0n) is 11.3. The van der Waals surface area contributed by atoms with E-state index in [0.29, 0.717) is 18.0 Å². The average Bonchev–Trinajstić information content (AvgIpc) is 2.41. The molecular weight excluding hydrogens is 241 g/mol. The number of nitrogens with two attached hydrogens (primary N) is 1. The lowest BCUT2D eigenvalue weighted by molar-refractivity contribution is 0.154. The van der Waals surface area contributed by atoms with Gasteiger partial charge in [0.15, 0.2) is 0 Å². The van der Waals surface area contributed by atoms with E-state index in [2.05, 4.69) is 11.0 Å². The lowest BCUT2D eigenvalue weighted by Gasteiger charge is -2.34. The standard InChI is InChI=1S/C15H20FN3/c1-11(18)12-3-2-6-19(9-12)10-13-4-5-15(16)7-14(13)8-17/h4-5,7,11-12H,2-3,6,9-10,18H2,1H3. The molecule has 0 amide bonds. The van der Waals surface area contributed by atoms with Crippen LogP contribution >= 0.6 is 0 Å². The van der Waals surface area contributed by atoms with Gasteiger partial charge in [0.25, 0.3) is 0 Å². The summed E-state index contributed by atoms with van der Waals surface area (Å²) in [6.45, 7) is 4.73. The zero-order valence-corrected chi connectivity index (χ0v) is 11.3. The molecule has 4 heteroatoms. The molecule has 0 radical (unpaired) electrons. The van der Waals surface area contributed by atoms with Gasteiger partial charge in [0.2, 0.25) is 0 Å². The molecule has 1 heterocycles. The normalized spacial score (nSPS) is 21.9. The molecule has 1 aliphatic rings. The first-order valence-electron chi connectivity index (χ1n) is 6.76. The van der Waals surface area contributed by atoms with Gasteiger partial charge in [0, 0.05) is 19.1 Å². The molecule has 0 spiro atoms. The molecule has 2 atom stereocenters.